The Morgan fingerprint density at radius 2 is 1.82 bits per heavy atom. The minimum atomic E-state index is -1.04. The summed E-state index contributed by atoms with van der Waals surface area (Å²) in [5.74, 6) is -0.544. The molecule has 1 unspecified atom stereocenters. The normalized spacial score (nSPS) is 12.5. The van der Waals surface area contributed by atoms with Crippen LogP contribution in [0.15, 0.2) is 24.3 Å². The van der Waals surface area contributed by atoms with Crippen LogP contribution in [0.2, 0.25) is 0 Å². The lowest BCUT2D eigenvalue weighted by atomic mass is 9.87. The molecule has 0 saturated heterocycles. The molecule has 1 atom stereocenters. The average molecular weight is 307 g/mol. The summed E-state index contributed by atoms with van der Waals surface area (Å²) < 4.78 is 5.58. The van der Waals surface area contributed by atoms with E-state index in [1.807, 2.05) is 24.3 Å². The van der Waals surface area contributed by atoms with Crippen LogP contribution < -0.4 is 10.1 Å². The number of carbonyl (C=O) groups is 2. The summed E-state index contributed by atoms with van der Waals surface area (Å²) in [6.07, 6.45) is 0.789. The second kappa shape index (κ2) is 7.82. The molecular weight excluding hydrogens is 282 g/mol. The zero-order valence-electron chi connectivity index (χ0n) is 13.7. The highest BCUT2D eigenvalue weighted by Gasteiger charge is 2.14. The van der Waals surface area contributed by atoms with Crippen molar-refractivity contribution in [3.8, 4) is 5.75 Å². The molecule has 1 amide bonds. The van der Waals surface area contributed by atoms with Crippen LogP contribution in [0.25, 0.3) is 0 Å². The van der Waals surface area contributed by atoms with Crippen molar-refractivity contribution in [3.05, 3.63) is 29.8 Å². The smallest absolute Gasteiger partial charge is 0.325 e. The fourth-order valence-corrected chi connectivity index (χ4v) is 1.85. The van der Waals surface area contributed by atoms with E-state index in [0.29, 0.717) is 13.0 Å². The number of rotatable bonds is 7. The first kappa shape index (κ1) is 18.0. The van der Waals surface area contributed by atoms with Crippen LogP contribution in [-0.4, -0.2) is 29.6 Å². The molecular formula is C17H25NO4. The van der Waals surface area contributed by atoms with Gasteiger partial charge in [0.25, 0.3) is 0 Å². The fraction of sp³-hybridized carbons (Fsp3) is 0.529. The molecule has 22 heavy (non-hydrogen) atoms. The van der Waals surface area contributed by atoms with E-state index in [1.54, 1.807) is 0 Å². The third kappa shape index (κ3) is 6.16. The van der Waals surface area contributed by atoms with Crippen molar-refractivity contribution >= 4 is 11.9 Å². The standard InChI is InChI=1S/C17H25NO4/c1-12(16(20)21)18-15(19)6-5-11-22-14-9-7-13(8-10-14)17(2,3)4/h7-10,12H,5-6,11H2,1-4H3,(H,18,19)(H,20,21). The van der Waals surface area contributed by atoms with Crippen LogP contribution >= 0.6 is 0 Å². The van der Waals surface area contributed by atoms with Crippen molar-refractivity contribution in [2.75, 3.05) is 6.61 Å². The van der Waals surface area contributed by atoms with Crippen molar-refractivity contribution in [1.82, 2.24) is 5.32 Å². The molecule has 1 rings (SSSR count). The monoisotopic (exact) mass is 307 g/mol. The van der Waals surface area contributed by atoms with Crippen LogP contribution in [-0.2, 0) is 15.0 Å². The molecule has 0 radical (unpaired) electrons. The molecule has 0 heterocycles. The van der Waals surface area contributed by atoms with Gasteiger partial charge in [-0.15, -0.1) is 0 Å². The Kier molecular flexibility index (Phi) is 6.40. The van der Waals surface area contributed by atoms with Gasteiger partial charge in [-0.25, -0.2) is 0 Å². The maximum atomic E-state index is 11.5. The number of benzene rings is 1. The zero-order valence-corrected chi connectivity index (χ0v) is 13.7. The van der Waals surface area contributed by atoms with Gasteiger partial charge in [0.05, 0.1) is 6.61 Å². The van der Waals surface area contributed by atoms with E-state index in [9.17, 15) is 9.59 Å². The lowest BCUT2D eigenvalue weighted by Gasteiger charge is -2.19. The van der Waals surface area contributed by atoms with E-state index in [1.165, 1.54) is 12.5 Å². The highest BCUT2D eigenvalue weighted by atomic mass is 16.5. The molecule has 0 aliphatic carbocycles. The number of hydrogen-bond acceptors (Lipinski definition) is 3. The van der Waals surface area contributed by atoms with Gasteiger partial charge in [0, 0.05) is 6.42 Å². The number of hydrogen-bond donors (Lipinski definition) is 2. The Morgan fingerprint density at radius 3 is 2.32 bits per heavy atom. The first-order valence-corrected chi connectivity index (χ1v) is 7.45. The SMILES string of the molecule is CC(NC(=O)CCCOc1ccc(C(C)(C)C)cc1)C(=O)O. The quantitative estimate of drug-likeness (QED) is 0.759. The number of carbonyl (C=O) groups excluding carboxylic acids is 1. The molecule has 5 nitrogen and oxygen atoms in total. The van der Waals surface area contributed by atoms with Gasteiger partial charge in [-0.1, -0.05) is 32.9 Å². The Balaban J connectivity index is 2.30. The lowest BCUT2D eigenvalue weighted by molar-refractivity contribution is -0.141. The number of aliphatic carboxylic acids is 1. The van der Waals surface area contributed by atoms with E-state index < -0.39 is 12.0 Å². The van der Waals surface area contributed by atoms with Crippen LogP contribution in [0.4, 0.5) is 0 Å². The molecule has 122 valence electrons. The molecule has 1 aromatic carbocycles. The van der Waals surface area contributed by atoms with Crippen molar-refractivity contribution in [1.29, 1.82) is 0 Å². The number of amides is 1. The van der Waals surface area contributed by atoms with Crippen LogP contribution in [0.1, 0.15) is 46.1 Å². The minimum Gasteiger partial charge on any atom is -0.494 e. The van der Waals surface area contributed by atoms with E-state index >= 15 is 0 Å². The Hall–Kier alpha value is -2.04. The number of carboxylic acid groups (broad SMARTS) is 1. The summed E-state index contributed by atoms with van der Waals surface area (Å²) in [5.41, 5.74) is 1.35. The molecule has 5 heteroatoms. The molecule has 0 spiro atoms. The number of ether oxygens (including phenoxy) is 1. The Morgan fingerprint density at radius 1 is 1.23 bits per heavy atom. The molecule has 0 bridgehead atoms. The highest BCUT2D eigenvalue weighted by molar-refractivity contribution is 5.83. The number of carboxylic acids is 1. The van der Waals surface area contributed by atoms with E-state index in [4.69, 9.17) is 9.84 Å². The van der Waals surface area contributed by atoms with Gasteiger partial charge >= 0.3 is 5.97 Å². The lowest BCUT2D eigenvalue weighted by Crippen LogP contribution is -2.38. The van der Waals surface area contributed by atoms with Crippen molar-refractivity contribution in [2.24, 2.45) is 0 Å². The first-order valence-electron chi connectivity index (χ1n) is 7.45. The summed E-state index contributed by atoms with van der Waals surface area (Å²) in [5, 5.41) is 11.1. The predicted molar refractivity (Wildman–Crippen MR) is 85.1 cm³/mol. The number of nitrogens with one attached hydrogen (secondary N) is 1. The zero-order chi connectivity index (χ0) is 16.8. The highest BCUT2D eigenvalue weighted by Crippen LogP contribution is 2.24. The van der Waals surface area contributed by atoms with E-state index in [2.05, 4.69) is 26.1 Å². The third-order valence-corrected chi connectivity index (χ3v) is 3.29. The fourth-order valence-electron chi connectivity index (χ4n) is 1.85. The summed E-state index contributed by atoms with van der Waals surface area (Å²) in [6, 6.07) is 7.06. The maximum Gasteiger partial charge on any atom is 0.325 e. The molecule has 0 saturated carbocycles. The summed E-state index contributed by atoms with van der Waals surface area (Å²) in [4.78, 5) is 22.1. The molecule has 0 aliphatic rings. The van der Waals surface area contributed by atoms with E-state index in [0.717, 1.165) is 5.75 Å². The largest absolute Gasteiger partial charge is 0.494 e. The third-order valence-electron chi connectivity index (χ3n) is 3.29. The predicted octanol–water partition coefficient (Wildman–Crippen LogP) is 2.73. The second-order valence-electron chi connectivity index (χ2n) is 6.35. The molecule has 0 fully saturated rings. The van der Waals surface area contributed by atoms with Gasteiger partial charge in [-0.2, -0.15) is 0 Å². The summed E-state index contributed by atoms with van der Waals surface area (Å²) in [6.45, 7) is 8.32. The topological polar surface area (TPSA) is 75.6 Å². The van der Waals surface area contributed by atoms with Gasteiger partial charge < -0.3 is 15.2 Å². The van der Waals surface area contributed by atoms with Crippen LogP contribution in [0, 0.1) is 0 Å². The van der Waals surface area contributed by atoms with E-state index in [-0.39, 0.29) is 17.7 Å². The summed E-state index contributed by atoms with van der Waals surface area (Å²) in [7, 11) is 0. The second-order valence-corrected chi connectivity index (χ2v) is 6.35. The average Bonchev–Trinajstić information content (AvgIpc) is 2.43. The van der Waals surface area contributed by atoms with Gasteiger partial charge in [0.15, 0.2) is 0 Å². The maximum absolute atomic E-state index is 11.5. The van der Waals surface area contributed by atoms with Gasteiger partial charge in [0.2, 0.25) is 5.91 Å². The van der Waals surface area contributed by atoms with Crippen LogP contribution in [0.3, 0.4) is 0 Å². The van der Waals surface area contributed by atoms with Gasteiger partial charge in [-0.3, -0.25) is 9.59 Å². The first-order chi connectivity index (χ1) is 10.2. The summed E-state index contributed by atoms with van der Waals surface area (Å²) >= 11 is 0. The molecule has 0 aliphatic heterocycles. The molecule has 2 N–H and O–H groups in total. The Bertz CT molecular complexity index is 502. The van der Waals surface area contributed by atoms with Gasteiger partial charge in [-0.05, 0) is 36.5 Å². The molecule has 1 aromatic rings. The minimum absolute atomic E-state index is 0.109. The molecule has 0 aromatic heterocycles. The Labute approximate surface area is 131 Å². The van der Waals surface area contributed by atoms with Crippen LogP contribution in [0.5, 0.6) is 5.75 Å². The van der Waals surface area contributed by atoms with Crippen molar-refractivity contribution in [2.45, 2.75) is 52.0 Å². The van der Waals surface area contributed by atoms with Gasteiger partial charge in [0.1, 0.15) is 11.8 Å². The van der Waals surface area contributed by atoms with Crippen molar-refractivity contribution in [3.63, 3.8) is 0 Å². The van der Waals surface area contributed by atoms with Crippen molar-refractivity contribution < 1.29 is 19.4 Å².